The van der Waals surface area contributed by atoms with Gasteiger partial charge < -0.3 is 4.74 Å². The molecule has 0 atom stereocenters. The van der Waals surface area contributed by atoms with Crippen molar-refractivity contribution in [2.24, 2.45) is 0 Å². The van der Waals surface area contributed by atoms with Crippen molar-refractivity contribution in [1.29, 1.82) is 0 Å². The first kappa shape index (κ1) is 18.0. The second-order valence-corrected chi connectivity index (χ2v) is 7.41. The van der Waals surface area contributed by atoms with Gasteiger partial charge in [0.2, 0.25) is 0 Å². The Balaban J connectivity index is 1.78. The highest BCUT2D eigenvalue weighted by molar-refractivity contribution is 7.92. The third-order valence-corrected chi connectivity index (χ3v) is 5.16. The van der Waals surface area contributed by atoms with Crippen LogP contribution in [0, 0.1) is 0 Å². The maximum absolute atomic E-state index is 12.3. The molecule has 132 valence electrons. The molecule has 3 aromatic rings. The molecule has 0 bridgehead atoms. The van der Waals surface area contributed by atoms with Gasteiger partial charge in [-0.25, -0.2) is 13.2 Å². The molecule has 0 aliphatic carbocycles. The fourth-order valence-electron chi connectivity index (χ4n) is 2.21. The van der Waals surface area contributed by atoms with Crippen LogP contribution >= 0.6 is 11.6 Å². The molecule has 0 saturated heterocycles. The number of carbonyl (C=O) groups is 1. The van der Waals surface area contributed by atoms with Crippen molar-refractivity contribution in [1.82, 2.24) is 0 Å². The summed E-state index contributed by atoms with van der Waals surface area (Å²) in [4.78, 5) is 12.3. The number of carbonyl (C=O) groups excluding carboxylic acids is 1. The van der Waals surface area contributed by atoms with Gasteiger partial charge in [-0.1, -0.05) is 48.0 Å². The topological polar surface area (TPSA) is 72.5 Å². The molecule has 0 aromatic heterocycles. The monoisotopic (exact) mass is 387 g/mol. The zero-order valence-corrected chi connectivity index (χ0v) is 15.0. The predicted molar refractivity (Wildman–Crippen MR) is 100 cm³/mol. The van der Waals surface area contributed by atoms with E-state index >= 15 is 0 Å². The van der Waals surface area contributed by atoms with E-state index in [0.717, 1.165) is 0 Å². The molecule has 0 spiro atoms. The molecule has 5 nitrogen and oxygen atoms in total. The maximum atomic E-state index is 12.3. The third-order valence-electron chi connectivity index (χ3n) is 3.45. The highest BCUT2D eigenvalue weighted by Gasteiger charge is 2.17. The van der Waals surface area contributed by atoms with E-state index < -0.39 is 16.0 Å². The molecule has 7 heteroatoms. The fraction of sp³-hybridized carbons (Fsp3) is 0. The van der Waals surface area contributed by atoms with Crippen molar-refractivity contribution in [2.75, 3.05) is 4.72 Å². The van der Waals surface area contributed by atoms with Crippen molar-refractivity contribution in [3.63, 3.8) is 0 Å². The van der Waals surface area contributed by atoms with Gasteiger partial charge in [-0.05, 0) is 42.5 Å². The van der Waals surface area contributed by atoms with Crippen LogP contribution in [0.1, 0.15) is 10.4 Å². The van der Waals surface area contributed by atoms with Crippen LogP contribution in [0.15, 0.2) is 83.8 Å². The van der Waals surface area contributed by atoms with Gasteiger partial charge in [0, 0.05) is 0 Å². The number of hydrogen-bond donors (Lipinski definition) is 1. The first-order valence-electron chi connectivity index (χ1n) is 7.60. The minimum absolute atomic E-state index is 0.0826. The molecule has 0 amide bonds. The van der Waals surface area contributed by atoms with Gasteiger partial charge >= 0.3 is 5.97 Å². The molecular weight excluding hydrogens is 374 g/mol. The van der Waals surface area contributed by atoms with E-state index in [1.54, 1.807) is 48.5 Å². The van der Waals surface area contributed by atoms with E-state index in [1.807, 2.05) is 0 Å². The third kappa shape index (κ3) is 4.22. The summed E-state index contributed by atoms with van der Waals surface area (Å²) in [6.07, 6.45) is 0. The lowest BCUT2D eigenvalue weighted by atomic mass is 10.2. The van der Waals surface area contributed by atoms with E-state index in [4.69, 9.17) is 16.3 Å². The molecule has 0 unspecified atom stereocenters. The minimum atomic E-state index is -3.74. The normalized spacial score (nSPS) is 11.0. The number of nitrogens with one attached hydrogen (secondary N) is 1. The second kappa shape index (κ2) is 7.59. The number of ether oxygens (including phenoxy) is 1. The Hall–Kier alpha value is -2.83. The van der Waals surface area contributed by atoms with Crippen LogP contribution in [0.4, 0.5) is 5.69 Å². The summed E-state index contributed by atoms with van der Waals surface area (Å²) in [5.41, 5.74) is 0.383. The summed E-state index contributed by atoms with van der Waals surface area (Å²) in [6.45, 7) is 0. The number of rotatable bonds is 5. The maximum Gasteiger partial charge on any atom is 0.345 e. The van der Waals surface area contributed by atoms with Crippen LogP contribution in [0.5, 0.6) is 5.75 Å². The minimum Gasteiger partial charge on any atom is -0.423 e. The second-order valence-electron chi connectivity index (χ2n) is 5.32. The van der Waals surface area contributed by atoms with Gasteiger partial charge in [-0.2, -0.15) is 0 Å². The quantitative estimate of drug-likeness (QED) is 0.521. The number of esters is 1. The van der Waals surface area contributed by atoms with Crippen molar-refractivity contribution in [3.05, 3.63) is 89.4 Å². The van der Waals surface area contributed by atoms with Crippen LogP contribution in [0.25, 0.3) is 0 Å². The SMILES string of the molecule is O=C(Oc1ccccc1)c1ccc(NS(=O)(=O)c2ccccc2)cc1Cl. The predicted octanol–water partition coefficient (Wildman–Crippen LogP) is 4.36. The standard InChI is InChI=1S/C19H14ClNO4S/c20-18-13-14(21-26(23,24)16-9-5-2-6-10-16)11-12-17(18)19(22)25-15-7-3-1-4-8-15/h1-13,21H. The van der Waals surface area contributed by atoms with Gasteiger partial charge in [0.15, 0.2) is 0 Å². The number of anilines is 1. The zero-order chi connectivity index (χ0) is 18.6. The molecule has 0 saturated carbocycles. The Morgan fingerprint density at radius 2 is 1.50 bits per heavy atom. The molecule has 3 rings (SSSR count). The summed E-state index contributed by atoms with van der Waals surface area (Å²) in [6, 6.07) is 20.8. The van der Waals surface area contributed by atoms with Gasteiger partial charge in [0.25, 0.3) is 10.0 Å². The van der Waals surface area contributed by atoms with Gasteiger partial charge in [-0.3, -0.25) is 4.72 Å². The molecule has 3 aromatic carbocycles. The van der Waals surface area contributed by atoms with E-state index in [9.17, 15) is 13.2 Å². The molecule has 0 heterocycles. The number of benzene rings is 3. The van der Waals surface area contributed by atoms with Crippen molar-refractivity contribution >= 4 is 33.3 Å². The lowest BCUT2D eigenvalue weighted by Gasteiger charge is -2.10. The van der Waals surface area contributed by atoms with Gasteiger partial charge in [-0.15, -0.1) is 0 Å². The lowest BCUT2D eigenvalue weighted by Crippen LogP contribution is -2.13. The highest BCUT2D eigenvalue weighted by Crippen LogP contribution is 2.24. The summed E-state index contributed by atoms with van der Waals surface area (Å²) >= 11 is 6.13. The van der Waals surface area contributed by atoms with E-state index in [-0.39, 0.29) is 21.2 Å². The molecule has 26 heavy (non-hydrogen) atoms. The number of hydrogen-bond acceptors (Lipinski definition) is 4. The number of para-hydroxylation sites is 1. The zero-order valence-electron chi connectivity index (χ0n) is 13.4. The summed E-state index contributed by atoms with van der Waals surface area (Å²) in [5, 5.41) is 0.0826. The van der Waals surface area contributed by atoms with Crippen molar-refractivity contribution in [3.8, 4) is 5.75 Å². The number of halogens is 1. The average Bonchev–Trinajstić information content (AvgIpc) is 2.63. The van der Waals surface area contributed by atoms with E-state index in [1.165, 1.54) is 30.3 Å². The summed E-state index contributed by atoms with van der Waals surface area (Å²) in [5.74, 6) is -0.235. The van der Waals surface area contributed by atoms with Crippen LogP contribution < -0.4 is 9.46 Å². The summed E-state index contributed by atoms with van der Waals surface area (Å²) in [7, 11) is -3.74. The Morgan fingerprint density at radius 1 is 0.885 bits per heavy atom. The molecule has 0 radical (unpaired) electrons. The van der Waals surface area contributed by atoms with Gasteiger partial charge in [0.1, 0.15) is 5.75 Å². The van der Waals surface area contributed by atoms with Crippen molar-refractivity contribution < 1.29 is 17.9 Å². The van der Waals surface area contributed by atoms with E-state index in [0.29, 0.717) is 5.75 Å². The molecule has 1 N–H and O–H groups in total. The van der Waals surface area contributed by atoms with E-state index in [2.05, 4.69) is 4.72 Å². The highest BCUT2D eigenvalue weighted by atomic mass is 35.5. The average molecular weight is 388 g/mol. The molecule has 0 aliphatic rings. The molecular formula is C19H14ClNO4S. The van der Waals surface area contributed by atoms with Crippen LogP contribution in [-0.2, 0) is 10.0 Å². The fourth-order valence-corrected chi connectivity index (χ4v) is 3.54. The van der Waals surface area contributed by atoms with Crippen LogP contribution in [0.2, 0.25) is 5.02 Å². The number of sulfonamides is 1. The van der Waals surface area contributed by atoms with Crippen molar-refractivity contribution in [2.45, 2.75) is 4.90 Å². The van der Waals surface area contributed by atoms with Gasteiger partial charge in [0.05, 0.1) is 21.2 Å². The Bertz CT molecular complexity index is 1020. The first-order chi connectivity index (χ1) is 12.5. The van der Waals surface area contributed by atoms with Crippen LogP contribution in [-0.4, -0.2) is 14.4 Å². The summed E-state index contributed by atoms with van der Waals surface area (Å²) < 4.78 is 32.3. The Morgan fingerprint density at radius 3 is 2.12 bits per heavy atom. The van der Waals surface area contributed by atoms with Crippen LogP contribution in [0.3, 0.4) is 0 Å². The molecule has 0 fully saturated rings. The Kier molecular flexibility index (Phi) is 5.25. The first-order valence-corrected chi connectivity index (χ1v) is 9.46. The Labute approximate surface area is 156 Å². The largest absolute Gasteiger partial charge is 0.423 e. The lowest BCUT2D eigenvalue weighted by molar-refractivity contribution is 0.0735. The smallest absolute Gasteiger partial charge is 0.345 e. The molecule has 0 aliphatic heterocycles.